The van der Waals surface area contributed by atoms with Crippen molar-refractivity contribution in [1.82, 2.24) is 15.5 Å². The zero-order valence-corrected chi connectivity index (χ0v) is 13.4. The summed E-state index contributed by atoms with van der Waals surface area (Å²) in [7, 11) is 6.19. The van der Waals surface area contributed by atoms with Crippen LogP contribution in [0.5, 0.6) is 0 Å². The fourth-order valence-electron chi connectivity index (χ4n) is 2.39. The summed E-state index contributed by atoms with van der Waals surface area (Å²) in [6.45, 7) is 6.53. The Balaban J connectivity index is 2.20. The predicted octanol–water partition coefficient (Wildman–Crippen LogP) is 1.93. The van der Waals surface area contributed by atoms with Crippen LogP contribution in [0.3, 0.4) is 0 Å². The fourth-order valence-corrected chi connectivity index (χ4v) is 2.39. The van der Waals surface area contributed by atoms with Crippen LogP contribution in [-0.2, 0) is 0 Å². The van der Waals surface area contributed by atoms with E-state index in [0.717, 1.165) is 30.9 Å². The van der Waals surface area contributed by atoms with E-state index < -0.39 is 0 Å². The summed E-state index contributed by atoms with van der Waals surface area (Å²) in [6.07, 6.45) is 5.24. The van der Waals surface area contributed by atoms with Gasteiger partial charge in [-0.15, -0.1) is 0 Å². The van der Waals surface area contributed by atoms with Crippen LogP contribution in [0.25, 0.3) is 0 Å². The van der Waals surface area contributed by atoms with Crippen molar-refractivity contribution in [3.63, 3.8) is 0 Å². The van der Waals surface area contributed by atoms with Gasteiger partial charge in [-0.05, 0) is 51.6 Å². The zero-order valence-electron chi connectivity index (χ0n) is 13.4. The van der Waals surface area contributed by atoms with E-state index in [2.05, 4.69) is 48.5 Å². The lowest BCUT2D eigenvalue weighted by molar-refractivity contribution is 0.264. The maximum atomic E-state index is 4.29. The average Bonchev–Trinajstić information content (AvgIpc) is 3.15. The molecule has 1 aliphatic rings. The number of hydrogen-bond donors (Lipinski definition) is 2. The number of nitrogens with zero attached hydrogens (tertiary/aromatic N) is 2. The van der Waals surface area contributed by atoms with Crippen LogP contribution >= 0.6 is 0 Å². The Morgan fingerprint density at radius 3 is 2.42 bits per heavy atom. The number of nitrogens with one attached hydrogen (secondary N) is 2. The monoisotopic (exact) mass is 268 g/mol. The van der Waals surface area contributed by atoms with E-state index in [9.17, 15) is 0 Å². The molecule has 1 fully saturated rings. The fraction of sp³-hybridized carbons (Fsp3) is 0.933. The lowest BCUT2D eigenvalue weighted by Gasteiger charge is -2.25. The summed E-state index contributed by atoms with van der Waals surface area (Å²) in [5.41, 5.74) is 0. The third-order valence-electron chi connectivity index (χ3n) is 3.78. The van der Waals surface area contributed by atoms with Crippen LogP contribution in [-0.4, -0.2) is 51.1 Å². The van der Waals surface area contributed by atoms with Gasteiger partial charge in [-0.3, -0.25) is 4.99 Å². The number of hydrogen-bond acceptors (Lipinski definition) is 2. The molecule has 4 nitrogen and oxygen atoms in total. The molecule has 0 bridgehead atoms. The Morgan fingerprint density at radius 1 is 1.26 bits per heavy atom. The molecule has 1 unspecified atom stereocenters. The molecule has 0 aliphatic heterocycles. The van der Waals surface area contributed by atoms with Gasteiger partial charge in [0.05, 0.1) is 0 Å². The van der Waals surface area contributed by atoms with E-state index in [1.54, 1.807) is 0 Å². The summed E-state index contributed by atoms with van der Waals surface area (Å²) < 4.78 is 0. The third kappa shape index (κ3) is 6.81. The Labute approximate surface area is 119 Å². The van der Waals surface area contributed by atoms with Gasteiger partial charge >= 0.3 is 0 Å². The first-order valence-corrected chi connectivity index (χ1v) is 7.65. The maximum Gasteiger partial charge on any atom is 0.191 e. The molecule has 0 aromatic heterocycles. The number of rotatable bonds is 8. The van der Waals surface area contributed by atoms with Crippen LogP contribution in [0, 0.1) is 11.8 Å². The van der Waals surface area contributed by atoms with Gasteiger partial charge in [0.15, 0.2) is 5.96 Å². The molecule has 1 aliphatic carbocycles. The second-order valence-electron chi connectivity index (χ2n) is 6.28. The Hall–Kier alpha value is -0.770. The molecule has 112 valence electrons. The number of likely N-dealkylation sites (N-methyl/N-ethyl adjacent to an activating group) is 1. The van der Waals surface area contributed by atoms with E-state index >= 15 is 0 Å². The minimum absolute atomic E-state index is 0.634. The molecule has 0 radical (unpaired) electrons. The van der Waals surface area contributed by atoms with Crippen LogP contribution in [0.2, 0.25) is 0 Å². The van der Waals surface area contributed by atoms with Gasteiger partial charge in [0.1, 0.15) is 0 Å². The van der Waals surface area contributed by atoms with Crippen molar-refractivity contribution in [2.45, 2.75) is 45.6 Å². The quantitative estimate of drug-likeness (QED) is 0.401. The normalized spacial score (nSPS) is 17.9. The molecular formula is C15H32N4. The number of aliphatic imine (C=N–C) groups is 1. The van der Waals surface area contributed by atoms with E-state index in [0.29, 0.717) is 6.04 Å². The minimum atomic E-state index is 0.634. The molecule has 0 spiro atoms. The summed E-state index contributed by atoms with van der Waals surface area (Å²) in [6, 6.07) is 0.634. The maximum absolute atomic E-state index is 4.29. The van der Waals surface area contributed by atoms with Crippen LogP contribution in [0.1, 0.15) is 39.5 Å². The third-order valence-corrected chi connectivity index (χ3v) is 3.78. The highest BCUT2D eigenvalue weighted by Gasteiger charge is 2.32. The van der Waals surface area contributed by atoms with Crippen molar-refractivity contribution in [2.24, 2.45) is 16.8 Å². The van der Waals surface area contributed by atoms with E-state index in [1.807, 2.05) is 7.05 Å². The highest BCUT2D eigenvalue weighted by molar-refractivity contribution is 5.79. The van der Waals surface area contributed by atoms with Crippen molar-refractivity contribution in [3.05, 3.63) is 0 Å². The van der Waals surface area contributed by atoms with Gasteiger partial charge in [-0.2, -0.15) is 0 Å². The molecule has 1 atom stereocenters. The van der Waals surface area contributed by atoms with E-state index in [4.69, 9.17) is 0 Å². The molecular weight excluding hydrogens is 236 g/mol. The van der Waals surface area contributed by atoms with Gasteiger partial charge in [0.2, 0.25) is 0 Å². The molecule has 0 amide bonds. The van der Waals surface area contributed by atoms with Crippen molar-refractivity contribution in [2.75, 3.05) is 34.2 Å². The smallest absolute Gasteiger partial charge is 0.191 e. The van der Waals surface area contributed by atoms with Crippen molar-refractivity contribution in [1.29, 1.82) is 0 Å². The predicted molar refractivity (Wildman–Crippen MR) is 83.6 cm³/mol. The standard InChI is InChI=1S/C15H32N4/c1-12(2)7-6-10-17-15(16-3)18-11-14(19(4)5)13-8-9-13/h12-14H,6-11H2,1-5H3,(H2,16,17,18). The molecule has 4 heteroatoms. The SMILES string of the molecule is CN=C(NCCCC(C)C)NCC(C1CC1)N(C)C. The van der Waals surface area contributed by atoms with E-state index in [-0.39, 0.29) is 0 Å². The van der Waals surface area contributed by atoms with E-state index in [1.165, 1.54) is 25.7 Å². The Kier molecular flexibility index (Phi) is 7.21. The molecule has 0 aromatic rings. The summed E-state index contributed by atoms with van der Waals surface area (Å²) in [4.78, 5) is 6.62. The largest absolute Gasteiger partial charge is 0.356 e. The Bertz CT molecular complexity index is 267. The zero-order chi connectivity index (χ0) is 14.3. The summed E-state index contributed by atoms with van der Waals surface area (Å²) in [5, 5.41) is 6.86. The minimum Gasteiger partial charge on any atom is -0.356 e. The van der Waals surface area contributed by atoms with Gasteiger partial charge < -0.3 is 15.5 Å². The van der Waals surface area contributed by atoms with Crippen LogP contribution in [0.15, 0.2) is 4.99 Å². The van der Waals surface area contributed by atoms with Crippen molar-refractivity contribution in [3.8, 4) is 0 Å². The molecule has 1 rings (SSSR count). The molecule has 0 aromatic carbocycles. The second-order valence-corrected chi connectivity index (χ2v) is 6.28. The average molecular weight is 268 g/mol. The molecule has 19 heavy (non-hydrogen) atoms. The topological polar surface area (TPSA) is 39.7 Å². The first-order valence-electron chi connectivity index (χ1n) is 7.65. The lowest BCUT2D eigenvalue weighted by atomic mass is 10.1. The van der Waals surface area contributed by atoms with Crippen molar-refractivity contribution < 1.29 is 0 Å². The molecule has 2 N–H and O–H groups in total. The highest BCUT2D eigenvalue weighted by Crippen LogP contribution is 2.34. The molecule has 0 saturated heterocycles. The molecule has 1 saturated carbocycles. The Morgan fingerprint density at radius 2 is 1.95 bits per heavy atom. The van der Waals surface area contributed by atoms with Gasteiger partial charge in [-0.1, -0.05) is 13.8 Å². The lowest BCUT2D eigenvalue weighted by Crippen LogP contribution is -2.46. The van der Waals surface area contributed by atoms with Crippen molar-refractivity contribution >= 4 is 5.96 Å². The van der Waals surface area contributed by atoms with Gasteiger partial charge in [0.25, 0.3) is 0 Å². The first kappa shape index (κ1) is 16.3. The first-order chi connectivity index (χ1) is 9.04. The van der Waals surface area contributed by atoms with Gasteiger partial charge in [-0.25, -0.2) is 0 Å². The van der Waals surface area contributed by atoms with Crippen LogP contribution < -0.4 is 10.6 Å². The number of guanidine groups is 1. The highest BCUT2D eigenvalue weighted by atomic mass is 15.2. The summed E-state index contributed by atoms with van der Waals surface area (Å²) >= 11 is 0. The second kappa shape index (κ2) is 8.41. The summed E-state index contributed by atoms with van der Waals surface area (Å²) in [5.74, 6) is 2.60. The van der Waals surface area contributed by atoms with Crippen LogP contribution in [0.4, 0.5) is 0 Å². The van der Waals surface area contributed by atoms with Gasteiger partial charge in [0, 0.05) is 26.2 Å². The molecule has 0 heterocycles.